The SMILES string of the molecule is CCCNC(c1cc(F)ccc1C)c1cc(Cl)ccc1Cl. The van der Waals surface area contributed by atoms with E-state index in [4.69, 9.17) is 23.2 Å². The molecule has 112 valence electrons. The molecule has 0 bridgehead atoms. The number of halogens is 3. The first kappa shape index (κ1) is 16.3. The van der Waals surface area contributed by atoms with Crippen LogP contribution in [0.1, 0.15) is 36.1 Å². The van der Waals surface area contributed by atoms with Gasteiger partial charge >= 0.3 is 0 Å². The fourth-order valence-electron chi connectivity index (χ4n) is 2.33. The van der Waals surface area contributed by atoms with Gasteiger partial charge in [-0.2, -0.15) is 0 Å². The monoisotopic (exact) mass is 325 g/mol. The van der Waals surface area contributed by atoms with Crippen molar-refractivity contribution >= 4 is 23.2 Å². The molecule has 0 fully saturated rings. The molecule has 0 heterocycles. The molecular formula is C17H18Cl2FN. The van der Waals surface area contributed by atoms with Gasteiger partial charge in [-0.1, -0.05) is 36.2 Å². The van der Waals surface area contributed by atoms with E-state index in [1.807, 2.05) is 13.0 Å². The Kier molecular flexibility index (Phi) is 5.63. The molecule has 2 rings (SSSR count). The van der Waals surface area contributed by atoms with Crippen LogP contribution in [0.5, 0.6) is 0 Å². The highest BCUT2D eigenvalue weighted by Gasteiger charge is 2.19. The molecule has 1 atom stereocenters. The van der Waals surface area contributed by atoms with Crippen LogP contribution in [-0.2, 0) is 0 Å². The van der Waals surface area contributed by atoms with Gasteiger partial charge in [-0.3, -0.25) is 0 Å². The first-order valence-corrected chi connectivity index (χ1v) is 7.73. The van der Waals surface area contributed by atoms with Crippen LogP contribution in [0.4, 0.5) is 4.39 Å². The molecule has 0 aromatic heterocycles. The summed E-state index contributed by atoms with van der Waals surface area (Å²) in [6.45, 7) is 4.86. The number of rotatable bonds is 5. The van der Waals surface area contributed by atoms with E-state index in [0.29, 0.717) is 10.0 Å². The van der Waals surface area contributed by atoms with Gasteiger partial charge in [0, 0.05) is 10.0 Å². The van der Waals surface area contributed by atoms with Crippen LogP contribution in [0.3, 0.4) is 0 Å². The summed E-state index contributed by atoms with van der Waals surface area (Å²) in [6, 6.07) is 9.99. The van der Waals surface area contributed by atoms with E-state index in [1.54, 1.807) is 24.3 Å². The third-order valence-electron chi connectivity index (χ3n) is 3.42. The molecule has 0 saturated heterocycles. The van der Waals surface area contributed by atoms with Crippen molar-refractivity contribution in [3.8, 4) is 0 Å². The number of aryl methyl sites for hydroxylation is 1. The zero-order valence-electron chi connectivity index (χ0n) is 12.1. The van der Waals surface area contributed by atoms with E-state index in [2.05, 4.69) is 12.2 Å². The van der Waals surface area contributed by atoms with Gasteiger partial charge in [0.2, 0.25) is 0 Å². The van der Waals surface area contributed by atoms with Gasteiger partial charge in [0.15, 0.2) is 0 Å². The van der Waals surface area contributed by atoms with Gasteiger partial charge in [-0.25, -0.2) is 4.39 Å². The highest BCUT2D eigenvalue weighted by atomic mass is 35.5. The third kappa shape index (κ3) is 3.97. The Morgan fingerprint density at radius 1 is 1.10 bits per heavy atom. The van der Waals surface area contributed by atoms with Gasteiger partial charge in [-0.05, 0) is 66.9 Å². The van der Waals surface area contributed by atoms with E-state index < -0.39 is 0 Å². The molecule has 0 aliphatic rings. The van der Waals surface area contributed by atoms with Crippen LogP contribution in [-0.4, -0.2) is 6.54 Å². The van der Waals surface area contributed by atoms with Crippen molar-refractivity contribution in [1.29, 1.82) is 0 Å². The number of hydrogen-bond donors (Lipinski definition) is 1. The lowest BCUT2D eigenvalue weighted by Crippen LogP contribution is -2.24. The minimum absolute atomic E-state index is 0.174. The molecule has 0 amide bonds. The van der Waals surface area contributed by atoms with E-state index >= 15 is 0 Å². The number of benzene rings is 2. The number of hydrogen-bond acceptors (Lipinski definition) is 1. The molecule has 2 aromatic carbocycles. The fourth-order valence-corrected chi connectivity index (χ4v) is 2.74. The van der Waals surface area contributed by atoms with Crippen LogP contribution in [0, 0.1) is 12.7 Å². The summed E-state index contributed by atoms with van der Waals surface area (Å²) in [5.74, 6) is -0.253. The molecule has 4 heteroatoms. The van der Waals surface area contributed by atoms with Gasteiger partial charge in [-0.15, -0.1) is 0 Å². The zero-order valence-corrected chi connectivity index (χ0v) is 13.6. The van der Waals surface area contributed by atoms with E-state index in [-0.39, 0.29) is 11.9 Å². The minimum Gasteiger partial charge on any atom is -0.306 e. The maximum Gasteiger partial charge on any atom is 0.123 e. The minimum atomic E-state index is -0.253. The lowest BCUT2D eigenvalue weighted by atomic mass is 9.94. The molecule has 0 spiro atoms. The summed E-state index contributed by atoms with van der Waals surface area (Å²) in [6.07, 6.45) is 0.975. The second kappa shape index (κ2) is 7.26. The van der Waals surface area contributed by atoms with Crippen molar-refractivity contribution in [1.82, 2.24) is 5.32 Å². The van der Waals surface area contributed by atoms with Crippen molar-refractivity contribution in [3.63, 3.8) is 0 Å². The van der Waals surface area contributed by atoms with Gasteiger partial charge in [0.25, 0.3) is 0 Å². The Labute approximate surface area is 135 Å². The van der Waals surface area contributed by atoms with Crippen molar-refractivity contribution in [3.05, 3.63) is 69.0 Å². The standard InChI is InChI=1S/C17H18Cl2FN/c1-3-8-21-17(14-10-13(20)6-4-11(14)2)15-9-12(18)5-7-16(15)19/h4-7,9-10,17,21H,3,8H2,1-2H3. The highest BCUT2D eigenvalue weighted by Crippen LogP contribution is 2.32. The molecule has 1 N–H and O–H groups in total. The topological polar surface area (TPSA) is 12.0 Å². The van der Waals surface area contributed by atoms with Crippen molar-refractivity contribution in [2.24, 2.45) is 0 Å². The largest absolute Gasteiger partial charge is 0.306 e. The maximum atomic E-state index is 13.6. The third-order valence-corrected chi connectivity index (χ3v) is 4.00. The first-order valence-electron chi connectivity index (χ1n) is 6.97. The van der Waals surface area contributed by atoms with Crippen LogP contribution in [0.25, 0.3) is 0 Å². The Morgan fingerprint density at radius 3 is 2.57 bits per heavy atom. The van der Waals surface area contributed by atoms with E-state index in [9.17, 15) is 4.39 Å². The second-order valence-electron chi connectivity index (χ2n) is 5.05. The zero-order chi connectivity index (χ0) is 15.4. The summed E-state index contributed by atoms with van der Waals surface area (Å²) >= 11 is 12.4. The van der Waals surface area contributed by atoms with Crippen molar-refractivity contribution < 1.29 is 4.39 Å². The quantitative estimate of drug-likeness (QED) is 0.762. The summed E-state index contributed by atoms with van der Waals surface area (Å²) in [7, 11) is 0. The summed E-state index contributed by atoms with van der Waals surface area (Å²) in [4.78, 5) is 0. The molecular weight excluding hydrogens is 308 g/mol. The van der Waals surface area contributed by atoms with Crippen LogP contribution < -0.4 is 5.32 Å². The van der Waals surface area contributed by atoms with Crippen molar-refractivity contribution in [2.75, 3.05) is 6.54 Å². The Bertz CT molecular complexity index is 577. The lowest BCUT2D eigenvalue weighted by molar-refractivity contribution is 0.583. The molecule has 1 nitrogen and oxygen atoms in total. The highest BCUT2D eigenvalue weighted by molar-refractivity contribution is 6.33. The molecule has 0 saturated carbocycles. The first-order chi connectivity index (χ1) is 10.0. The lowest BCUT2D eigenvalue weighted by Gasteiger charge is -2.23. The average molecular weight is 326 g/mol. The summed E-state index contributed by atoms with van der Waals surface area (Å²) in [5, 5.41) is 4.67. The smallest absolute Gasteiger partial charge is 0.123 e. The second-order valence-corrected chi connectivity index (χ2v) is 5.90. The van der Waals surface area contributed by atoms with Crippen molar-refractivity contribution in [2.45, 2.75) is 26.3 Å². The molecule has 1 unspecified atom stereocenters. The fraction of sp³-hybridized carbons (Fsp3) is 0.294. The van der Waals surface area contributed by atoms with Gasteiger partial charge in [0.1, 0.15) is 5.82 Å². The van der Waals surface area contributed by atoms with Gasteiger partial charge in [0.05, 0.1) is 6.04 Å². The maximum absolute atomic E-state index is 13.6. The van der Waals surface area contributed by atoms with Gasteiger partial charge < -0.3 is 5.32 Å². The Hall–Kier alpha value is -1.09. The van der Waals surface area contributed by atoms with Crippen LogP contribution >= 0.6 is 23.2 Å². The molecule has 0 aliphatic heterocycles. The molecule has 21 heavy (non-hydrogen) atoms. The summed E-state index contributed by atoms with van der Waals surface area (Å²) in [5.41, 5.74) is 2.76. The Morgan fingerprint density at radius 2 is 1.86 bits per heavy atom. The summed E-state index contributed by atoms with van der Waals surface area (Å²) < 4.78 is 13.6. The predicted molar refractivity (Wildman–Crippen MR) is 87.7 cm³/mol. The average Bonchev–Trinajstić information content (AvgIpc) is 2.46. The number of nitrogens with one attached hydrogen (secondary N) is 1. The van der Waals surface area contributed by atoms with E-state index in [0.717, 1.165) is 29.7 Å². The van der Waals surface area contributed by atoms with Crippen LogP contribution in [0.2, 0.25) is 10.0 Å². The molecule has 2 aromatic rings. The molecule has 0 aliphatic carbocycles. The van der Waals surface area contributed by atoms with Crippen LogP contribution in [0.15, 0.2) is 36.4 Å². The normalized spacial score (nSPS) is 12.4. The molecule has 0 radical (unpaired) electrons. The van der Waals surface area contributed by atoms with E-state index in [1.165, 1.54) is 6.07 Å². The predicted octanol–water partition coefficient (Wildman–Crippen LogP) is 5.53. The Balaban J connectivity index is 2.52.